The number of nitrogens with zero attached hydrogens (tertiary/aromatic N) is 2. The van der Waals surface area contributed by atoms with Crippen LogP contribution in [0.4, 0.5) is 11.4 Å². The number of hydrogen-bond donors (Lipinski definition) is 2. The lowest BCUT2D eigenvalue weighted by atomic mass is 10.2. The van der Waals surface area contributed by atoms with Crippen LogP contribution in [0.25, 0.3) is 0 Å². The Kier molecular flexibility index (Phi) is 6.66. The van der Waals surface area contributed by atoms with Gasteiger partial charge in [-0.05, 0) is 13.0 Å². The molecule has 1 aromatic rings. The van der Waals surface area contributed by atoms with Gasteiger partial charge in [0.1, 0.15) is 5.75 Å². The Balaban J connectivity index is 2.88. The van der Waals surface area contributed by atoms with E-state index in [1.807, 2.05) is 0 Å². The van der Waals surface area contributed by atoms with E-state index < -0.39 is 11.0 Å². The zero-order valence-electron chi connectivity index (χ0n) is 14.5. The van der Waals surface area contributed by atoms with E-state index in [4.69, 9.17) is 4.74 Å². The van der Waals surface area contributed by atoms with Crippen LogP contribution in [0.5, 0.6) is 5.75 Å². The lowest BCUT2D eigenvalue weighted by Gasteiger charge is -2.22. The molecule has 0 heterocycles. The number of benzene rings is 1. The molecule has 0 aliphatic heterocycles. The van der Waals surface area contributed by atoms with Gasteiger partial charge in [-0.2, -0.15) is 0 Å². The second-order valence-corrected chi connectivity index (χ2v) is 5.66. The van der Waals surface area contributed by atoms with Crippen molar-refractivity contribution in [2.75, 3.05) is 40.1 Å². The highest BCUT2D eigenvalue weighted by Gasteiger charge is 2.25. The van der Waals surface area contributed by atoms with Gasteiger partial charge in [-0.25, -0.2) is 0 Å². The smallest absolute Gasteiger partial charge is 0.282 e. The van der Waals surface area contributed by atoms with E-state index in [1.165, 1.54) is 30.2 Å². The highest BCUT2D eigenvalue weighted by molar-refractivity contribution is 5.95. The van der Waals surface area contributed by atoms with Crippen molar-refractivity contribution in [2.45, 2.75) is 13.0 Å². The first-order chi connectivity index (χ1) is 11.2. The third-order valence-electron chi connectivity index (χ3n) is 3.71. The molecule has 2 atom stereocenters. The van der Waals surface area contributed by atoms with Crippen LogP contribution >= 0.6 is 0 Å². The SMILES string of the molecule is COc1ccc([N+](=O)[O-])cc1NC(=O)[C@@H](C)[NH+](C)CC(=O)N(C)C. The van der Waals surface area contributed by atoms with Crippen LogP contribution in [0.15, 0.2) is 18.2 Å². The van der Waals surface area contributed by atoms with Gasteiger partial charge in [0.15, 0.2) is 12.6 Å². The number of carbonyl (C=O) groups excluding carboxylic acids is 2. The number of carbonyl (C=O) groups is 2. The maximum atomic E-state index is 12.4. The molecule has 9 nitrogen and oxygen atoms in total. The highest BCUT2D eigenvalue weighted by atomic mass is 16.6. The Morgan fingerprint density at radius 3 is 2.54 bits per heavy atom. The minimum atomic E-state index is -0.550. The lowest BCUT2D eigenvalue weighted by molar-refractivity contribution is -0.886. The molecule has 0 saturated carbocycles. The Hall–Kier alpha value is -2.68. The summed E-state index contributed by atoms with van der Waals surface area (Å²) in [6.07, 6.45) is 0. The number of methoxy groups -OCH3 is 1. The molecule has 0 saturated heterocycles. The van der Waals surface area contributed by atoms with Crippen LogP contribution in [0.2, 0.25) is 0 Å². The van der Waals surface area contributed by atoms with Gasteiger partial charge in [0.05, 0.1) is 24.8 Å². The van der Waals surface area contributed by atoms with Gasteiger partial charge in [0, 0.05) is 26.2 Å². The summed E-state index contributed by atoms with van der Waals surface area (Å²) in [7, 11) is 6.44. The van der Waals surface area contributed by atoms with Crippen LogP contribution in [0.1, 0.15) is 6.92 Å². The predicted octanol–water partition coefficient (Wildman–Crippen LogP) is -0.467. The van der Waals surface area contributed by atoms with Crippen LogP contribution < -0.4 is 15.0 Å². The number of nitrogens with one attached hydrogen (secondary N) is 2. The predicted molar refractivity (Wildman–Crippen MR) is 88.2 cm³/mol. The number of nitro groups is 1. The van der Waals surface area contributed by atoms with E-state index >= 15 is 0 Å². The van der Waals surface area contributed by atoms with Crippen molar-refractivity contribution >= 4 is 23.2 Å². The lowest BCUT2D eigenvalue weighted by Crippen LogP contribution is -3.15. The van der Waals surface area contributed by atoms with Crippen molar-refractivity contribution in [2.24, 2.45) is 0 Å². The Morgan fingerprint density at radius 1 is 1.42 bits per heavy atom. The van der Waals surface area contributed by atoms with Crippen molar-refractivity contribution in [1.82, 2.24) is 4.90 Å². The molecule has 0 aromatic heterocycles. The minimum absolute atomic E-state index is 0.0971. The summed E-state index contributed by atoms with van der Waals surface area (Å²) in [5.41, 5.74) is 0.0672. The number of hydrogen-bond acceptors (Lipinski definition) is 5. The zero-order chi connectivity index (χ0) is 18.4. The summed E-state index contributed by atoms with van der Waals surface area (Å²) >= 11 is 0. The van der Waals surface area contributed by atoms with Gasteiger partial charge in [0.2, 0.25) is 0 Å². The fourth-order valence-corrected chi connectivity index (χ4v) is 1.92. The Bertz CT molecular complexity index is 632. The fourth-order valence-electron chi connectivity index (χ4n) is 1.92. The molecular weight excluding hydrogens is 316 g/mol. The molecule has 2 N–H and O–H groups in total. The first-order valence-corrected chi connectivity index (χ1v) is 7.33. The molecule has 1 unspecified atom stereocenters. The van der Waals surface area contributed by atoms with E-state index in [1.54, 1.807) is 28.1 Å². The number of quaternary nitrogens is 1. The van der Waals surface area contributed by atoms with Crippen LogP contribution in [-0.4, -0.2) is 62.5 Å². The zero-order valence-corrected chi connectivity index (χ0v) is 14.5. The van der Waals surface area contributed by atoms with Crippen LogP contribution in [-0.2, 0) is 9.59 Å². The summed E-state index contributed by atoms with van der Waals surface area (Å²) in [5.74, 6) is -0.138. The number of rotatable bonds is 7. The first-order valence-electron chi connectivity index (χ1n) is 7.33. The van der Waals surface area contributed by atoms with Crippen molar-refractivity contribution in [3.05, 3.63) is 28.3 Å². The van der Waals surface area contributed by atoms with E-state index in [-0.39, 0.29) is 29.7 Å². The average Bonchev–Trinajstić information content (AvgIpc) is 2.53. The molecule has 0 radical (unpaired) electrons. The summed E-state index contributed by atoms with van der Waals surface area (Å²) in [4.78, 5) is 36.6. The number of nitro benzene ring substituents is 1. The second-order valence-electron chi connectivity index (χ2n) is 5.66. The third-order valence-corrected chi connectivity index (χ3v) is 3.71. The standard InChI is InChI=1S/C15H22N4O5/c1-10(18(4)9-14(20)17(2)3)15(21)16-12-8-11(19(22)23)6-7-13(12)24-5/h6-8,10H,9H2,1-5H3,(H,16,21)/p+1/t10-/m1/s1. The van der Waals surface area contributed by atoms with E-state index in [2.05, 4.69) is 5.32 Å². The quantitative estimate of drug-likeness (QED) is 0.516. The maximum Gasteiger partial charge on any atom is 0.282 e. The molecule has 0 aliphatic rings. The molecule has 0 fully saturated rings. The van der Waals surface area contributed by atoms with E-state index in [0.29, 0.717) is 10.6 Å². The molecular formula is C15H23N4O5+. The molecule has 0 spiro atoms. The van der Waals surface area contributed by atoms with E-state index in [0.717, 1.165) is 0 Å². The fraction of sp³-hybridized carbons (Fsp3) is 0.467. The minimum Gasteiger partial charge on any atom is -0.495 e. The van der Waals surface area contributed by atoms with Crippen LogP contribution in [0, 0.1) is 10.1 Å². The van der Waals surface area contributed by atoms with Gasteiger partial charge >= 0.3 is 0 Å². The van der Waals surface area contributed by atoms with Gasteiger partial charge in [-0.1, -0.05) is 0 Å². The molecule has 1 rings (SSSR count). The van der Waals surface area contributed by atoms with Crippen molar-refractivity contribution < 1.29 is 24.1 Å². The molecule has 0 bridgehead atoms. The summed E-state index contributed by atoms with van der Waals surface area (Å²) in [5, 5.41) is 13.5. The second kappa shape index (κ2) is 8.25. The number of likely N-dealkylation sites (N-methyl/N-ethyl adjacent to an activating group) is 2. The summed E-state index contributed by atoms with van der Waals surface area (Å²) in [6.45, 7) is 1.84. The van der Waals surface area contributed by atoms with Gasteiger partial charge < -0.3 is 19.9 Å². The third kappa shape index (κ3) is 4.92. The molecule has 2 amide bonds. The van der Waals surface area contributed by atoms with Gasteiger partial charge in [-0.3, -0.25) is 19.7 Å². The van der Waals surface area contributed by atoms with Crippen molar-refractivity contribution in [3.63, 3.8) is 0 Å². The molecule has 0 aliphatic carbocycles. The van der Waals surface area contributed by atoms with Crippen molar-refractivity contribution in [1.29, 1.82) is 0 Å². The normalized spacial score (nSPS) is 12.9. The Labute approximate surface area is 140 Å². The maximum absolute atomic E-state index is 12.4. The van der Waals surface area contributed by atoms with Crippen molar-refractivity contribution in [3.8, 4) is 5.75 Å². The largest absolute Gasteiger partial charge is 0.495 e. The Morgan fingerprint density at radius 2 is 2.04 bits per heavy atom. The highest BCUT2D eigenvalue weighted by Crippen LogP contribution is 2.28. The van der Waals surface area contributed by atoms with Crippen LogP contribution in [0.3, 0.4) is 0 Å². The number of amides is 2. The number of anilines is 1. The first kappa shape index (κ1) is 19.4. The van der Waals surface area contributed by atoms with Gasteiger partial charge in [0.25, 0.3) is 17.5 Å². The summed E-state index contributed by atoms with van der Waals surface area (Å²) < 4.78 is 5.11. The summed E-state index contributed by atoms with van der Waals surface area (Å²) in [6, 6.07) is 3.43. The topological polar surface area (TPSA) is 106 Å². The van der Waals surface area contributed by atoms with E-state index in [9.17, 15) is 19.7 Å². The molecule has 1 aromatic carbocycles. The average molecular weight is 339 g/mol. The molecule has 132 valence electrons. The number of non-ortho nitro benzene ring substituents is 1. The number of ether oxygens (including phenoxy) is 1. The van der Waals surface area contributed by atoms with Gasteiger partial charge in [-0.15, -0.1) is 0 Å². The molecule has 9 heteroatoms. The molecule has 24 heavy (non-hydrogen) atoms. The monoisotopic (exact) mass is 339 g/mol.